The second-order valence-corrected chi connectivity index (χ2v) is 6.66. The number of rotatable bonds is 6. The van der Waals surface area contributed by atoms with Crippen LogP contribution in [-0.2, 0) is 0 Å². The molecule has 0 aliphatic carbocycles. The van der Waals surface area contributed by atoms with Crippen LogP contribution in [0.2, 0.25) is 0 Å². The zero-order valence-corrected chi connectivity index (χ0v) is 15.7. The van der Waals surface area contributed by atoms with E-state index in [2.05, 4.69) is 23.8 Å². The first-order chi connectivity index (χ1) is 11.7. The molecule has 1 heterocycles. The molecule has 7 heteroatoms. The molecule has 2 atom stereocenters. The summed E-state index contributed by atoms with van der Waals surface area (Å²) in [5.74, 6) is 2.41. The van der Waals surface area contributed by atoms with E-state index < -0.39 is 11.9 Å². The molecule has 1 aromatic rings. The summed E-state index contributed by atoms with van der Waals surface area (Å²) in [6.07, 6.45) is 0.969. The van der Waals surface area contributed by atoms with Crippen molar-refractivity contribution in [2.45, 2.75) is 45.5 Å². The lowest BCUT2D eigenvalue weighted by molar-refractivity contribution is 0.156. The molecule has 0 bridgehead atoms. The van der Waals surface area contributed by atoms with Gasteiger partial charge >= 0.3 is 0 Å². The van der Waals surface area contributed by atoms with Gasteiger partial charge in [-0.3, -0.25) is 10.7 Å². The van der Waals surface area contributed by atoms with Gasteiger partial charge in [-0.1, -0.05) is 27.7 Å². The van der Waals surface area contributed by atoms with Crippen LogP contribution in [0.4, 0.5) is 0 Å². The molecule has 1 aliphatic rings. The maximum atomic E-state index is 6.40. The van der Waals surface area contributed by atoms with Crippen molar-refractivity contribution in [1.29, 1.82) is 0 Å². The highest BCUT2D eigenvalue weighted by Gasteiger charge is 2.42. The van der Waals surface area contributed by atoms with Crippen molar-refractivity contribution in [2.75, 3.05) is 14.2 Å². The monoisotopic (exact) mass is 348 g/mol. The number of hydrogen-bond donors (Lipinski definition) is 2. The molecule has 138 valence electrons. The Morgan fingerprint density at radius 3 is 2.12 bits per heavy atom. The molecular weight excluding hydrogens is 320 g/mol. The third-order valence-electron chi connectivity index (χ3n) is 4.37. The van der Waals surface area contributed by atoms with Crippen molar-refractivity contribution < 1.29 is 14.2 Å². The summed E-state index contributed by atoms with van der Waals surface area (Å²) < 4.78 is 17.2. The smallest absolute Gasteiger partial charge is 0.202 e. The van der Waals surface area contributed by atoms with Crippen LogP contribution in [0.1, 0.15) is 39.2 Å². The van der Waals surface area contributed by atoms with Crippen molar-refractivity contribution in [2.24, 2.45) is 27.4 Å². The predicted molar refractivity (Wildman–Crippen MR) is 99.9 cm³/mol. The zero-order chi connectivity index (χ0) is 18.8. The van der Waals surface area contributed by atoms with Gasteiger partial charge in [-0.15, -0.1) is 0 Å². The van der Waals surface area contributed by atoms with Gasteiger partial charge in [0, 0.05) is 17.5 Å². The van der Waals surface area contributed by atoms with Gasteiger partial charge < -0.3 is 19.9 Å². The molecule has 1 aromatic carbocycles. The van der Waals surface area contributed by atoms with E-state index in [0.29, 0.717) is 23.1 Å². The van der Waals surface area contributed by atoms with E-state index in [0.717, 1.165) is 5.56 Å². The number of nitrogens with two attached hydrogens (primary N) is 2. The lowest BCUT2D eigenvalue weighted by atomic mass is 9.88. The van der Waals surface area contributed by atoms with Crippen molar-refractivity contribution in [3.05, 3.63) is 17.7 Å². The quantitative estimate of drug-likeness (QED) is 0.820. The molecule has 0 amide bonds. The van der Waals surface area contributed by atoms with Gasteiger partial charge in [0.1, 0.15) is 11.6 Å². The Hall–Kier alpha value is -2.28. The first-order valence-electron chi connectivity index (χ1n) is 8.33. The molecule has 1 aliphatic heterocycles. The van der Waals surface area contributed by atoms with Crippen molar-refractivity contribution in [3.8, 4) is 17.2 Å². The van der Waals surface area contributed by atoms with E-state index in [9.17, 15) is 0 Å². The lowest BCUT2D eigenvalue weighted by Gasteiger charge is -2.37. The van der Waals surface area contributed by atoms with Gasteiger partial charge in [0.05, 0.1) is 20.4 Å². The Labute approximate surface area is 149 Å². The van der Waals surface area contributed by atoms with E-state index in [1.807, 2.05) is 26.0 Å². The van der Waals surface area contributed by atoms with Crippen LogP contribution < -0.4 is 25.7 Å². The maximum Gasteiger partial charge on any atom is 0.202 e. The Morgan fingerprint density at radius 1 is 1.04 bits per heavy atom. The Balaban J connectivity index is 2.57. The molecule has 0 radical (unpaired) electrons. The number of amidine groups is 1. The second kappa shape index (κ2) is 7.31. The largest absolute Gasteiger partial charge is 0.493 e. The Bertz CT molecular complexity index is 685. The summed E-state index contributed by atoms with van der Waals surface area (Å²) in [4.78, 5) is 8.40. The molecule has 7 nitrogen and oxygen atoms in total. The minimum atomic E-state index is -0.959. The minimum absolute atomic E-state index is 0.000564. The number of benzene rings is 1. The fourth-order valence-electron chi connectivity index (χ4n) is 2.77. The predicted octanol–water partition coefficient (Wildman–Crippen LogP) is 2.28. The molecule has 0 saturated heterocycles. The summed E-state index contributed by atoms with van der Waals surface area (Å²) in [6, 6.07) is 3.74. The maximum absolute atomic E-state index is 6.40. The fourth-order valence-corrected chi connectivity index (χ4v) is 2.77. The van der Waals surface area contributed by atoms with Gasteiger partial charge in [-0.05, 0) is 12.0 Å². The summed E-state index contributed by atoms with van der Waals surface area (Å²) in [7, 11) is 3.20. The second-order valence-electron chi connectivity index (χ2n) is 6.66. The molecule has 4 N–H and O–H groups in total. The van der Waals surface area contributed by atoms with Gasteiger partial charge in [-0.25, -0.2) is 4.99 Å². The van der Waals surface area contributed by atoms with E-state index in [4.69, 9.17) is 25.7 Å². The average molecular weight is 348 g/mol. The lowest BCUT2D eigenvalue weighted by Crippen LogP contribution is -2.57. The van der Waals surface area contributed by atoms with Crippen LogP contribution in [-0.4, -0.2) is 38.2 Å². The summed E-state index contributed by atoms with van der Waals surface area (Å²) in [5, 5.41) is 0. The van der Waals surface area contributed by atoms with Crippen molar-refractivity contribution in [1.82, 2.24) is 0 Å². The highest BCUT2D eigenvalue weighted by atomic mass is 16.5. The molecule has 0 fully saturated rings. The van der Waals surface area contributed by atoms with Crippen molar-refractivity contribution in [3.63, 3.8) is 0 Å². The molecule has 0 aromatic heterocycles. The number of nitrogens with zero attached hydrogens (tertiary/aromatic N) is 2. The molecule has 0 saturated carbocycles. The minimum Gasteiger partial charge on any atom is -0.493 e. The van der Waals surface area contributed by atoms with Crippen LogP contribution in [0.15, 0.2) is 22.1 Å². The third kappa shape index (κ3) is 3.56. The average Bonchev–Trinajstić information content (AvgIpc) is 2.56. The normalized spacial score (nSPS) is 22.9. The standard InChI is InChI=1S/C18H28N4O3/c1-10(2)12-7-14(23-5)15(24-6)8-13(12)25-18(11(3)4)9-21-17(20)22-16(18)19/h7-11,17H,20H2,1-6H3,(H2,19,22). The SMILES string of the molecule is COc1cc(OC2(C(C)C)C=NC(N)N=C2N)c(C(C)C)cc1OC. The van der Waals surface area contributed by atoms with Crippen LogP contribution in [0.25, 0.3) is 0 Å². The van der Waals surface area contributed by atoms with Gasteiger partial charge in [0.2, 0.25) is 5.60 Å². The summed E-state index contributed by atoms with van der Waals surface area (Å²) in [5.41, 5.74) is 12.0. The first-order valence-corrected chi connectivity index (χ1v) is 8.33. The Kier molecular flexibility index (Phi) is 5.57. The van der Waals surface area contributed by atoms with Gasteiger partial charge in [-0.2, -0.15) is 0 Å². The molecule has 25 heavy (non-hydrogen) atoms. The van der Waals surface area contributed by atoms with Crippen LogP contribution >= 0.6 is 0 Å². The third-order valence-corrected chi connectivity index (χ3v) is 4.37. The van der Waals surface area contributed by atoms with E-state index >= 15 is 0 Å². The first kappa shape index (κ1) is 19.1. The van der Waals surface area contributed by atoms with Crippen molar-refractivity contribution >= 4 is 12.1 Å². The molecule has 0 spiro atoms. The highest BCUT2D eigenvalue weighted by Crippen LogP contribution is 2.40. The zero-order valence-electron chi connectivity index (χ0n) is 15.7. The van der Waals surface area contributed by atoms with Crippen LogP contribution in [0, 0.1) is 5.92 Å². The van der Waals surface area contributed by atoms with Gasteiger partial charge in [0.25, 0.3) is 0 Å². The van der Waals surface area contributed by atoms with E-state index in [1.54, 1.807) is 20.4 Å². The van der Waals surface area contributed by atoms with Gasteiger partial charge in [0.15, 0.2) is 17.8 Å². The summed E-state index contributed by atoms with van der Waals surface area (Å²) in [6.45, 7) is 8.17. The number of ether oxygens (including phenoxy) is 3. The Morgan fingerprint density at radius 2 is 1.64 bits per heavy atom. The fraction of sp³-hybridized carbons (Fsp3) is 0.556. The molecular formula is C18H28N4O3. The number of methoxy groups -OCH3 is 2. The summed E-state index contributed by atoms with van der Waals surface area (Å²) >= 11 is 0. The van der Waals surface area contributed by atoms with E-state index in [1.165, 1.54) is 0 Å². The molecule has 2 rings (SSSR count). The van der Waals surface area contributed by atoms with E-state index in [-0.39, 0.29) is 11.8 Å². The highest BCUT2D eigenvalue weighted by molar-refractivity contribution is 6.06. The van der Waals surface area contributed by atoms with Crippen LogP contribution in [0.5, 0.6) is 17.2 Å². The van der Waals surface area contributed by atoms with Crippen LogP contribution in [0.3, 0.4) is 0 Å². The number of hydrogen-bond acceptors (Lipinski definition) is 7. The number of aliphatic imine (C=N–C) groups is 2. The topological polar surface area (TPSA) is 104 Å². The molecule has 2 unspecified atom stereocenters.